The number of halogens is 1. The van der Waals surface area contributed by atoms with Crippen molar-refractivity contribution in [2.45, 2.75) is 40.5 Å². The van der Waals surface area contributed by atoms with Gasteiger partial charge in [-0.05, 0) is 51.0 Å². The van der Waals surface area contributed by atoms with E-state index in [-0.39, 0.29) is 29.7 Å². The number of rotatable bonds is 5. The van der Waals surface area contributed by atoms with Gasteiger partial charge in [-0.3, -0.25) is 14.4 Å². The van der Waals surface area contributed by atoms with Crippen molar-refractivity contribution in [2.24, 2.45) is 0 Å². The standard InChI is InChI=1S/C11H12N2O.C6H8N2.C5H7ClO2/c1-8-3-4-11-12-10(5-9(2)14)7-13(11)6-8;1-5-2-3-6(7)8-4-5;1-4(7)2-5(8)3-6/h3-4,6-7H,5H2,1-2H3;2-4H,1H3,(H2,7,8);2-3H2,1H3. The second-order valence-electron chi connectivity index (χ2n) is 6.89. The Hall–Kier alpha value is -3.06. The lowest BCUT2D eigenvalue weighted by Crippen LogP contribution is -2.04. The van der Waals surface area contributed by atoms with E-state index in [0.29, 0.717) is 12.2 Å². The van der Waals surface area contributed by atoms with Crippen LogP contribution in [0.3, 0.4) is 0 Å². The van der Waals surface area contributed by atoms with Crippen molar-refractivity contribution in [1.29, 1.82) is 0 Å². The predicted molar refractivity (Wildman–Crippen MR) is 119 cm³/mol. The molecule has 0 amide bonds. The molecule has 0 spiro atoms. The van der Waals surface area contributed by atoms with E-state index in [0.717, 1.165) is 16.9 Å². The molecule has 2 N–H and O–H groups in total. The molecule has 7 nitrogen and oxygen atoms in total. The molecule has 0 aromatic carbocycles. The number of hydrogen-bond acceptors (Lipinski definition) is 6. The first kappa shape index (κ1) is 25.0. The summed E-state index contributed by atoms with van der Waals surface area (Å²) >= 11 is 5.09. The normalized spacial score (nSPS) is 9.77. The Morgan fingerprint density at radius 3 is 2.13 bits per heavy atom. The van der Waals surface area contributed by atoms with Gasteiger partial charge in [0.2, 0.25) is 0 Å². The van der Waals surface area contributed by atoms with Crippen LogP contribution >= 0.6 is 11.6 Å². The number of ketones is 3. The summed E-state index contributed by atoms with van der Waals surface area (Å²) in [6, 6.07) is 7.69. The largest absolute Gasteiger partial charge is 0.384 e. The summed E-state index contributed by atoms with van der Waals surface area (Å²) in [5.41, 5.74) is 9.37. The Morgan fingerprint density at radius 2 is 1.67 bits per heavy atom. The number of nitrogens with zero attached hydrogens (tertiary/aromatic N) is 3. The molecule has 30 heavy (non-hydrogen) atoms. The highest BCUT2D eigenvalue weighted by molar-refractivity contribution is 6.29. The topological polar surface area (TPSA) is 107 Å². The predicted octanol–water partition coefficient (Wildman–Crippen LogP) is 3.52. The van der Waals surface area contributed by atoms with Crippen LogP contribution in [0.5, 0.6) is 0 Å². The quantitative estimate of drug-likeness (QED) is 0.490. The Kier molecular flexibility index (Phi) is 10.4. The van der Waals surface area contributed by atoms with Gasteiger partial charge in [-0.25, -0.2) is 9.97 Å². The van der Waals surface area contributed by atoms with Gasteiger partial charge >= 0.3 is 0 Å². The van der Waals surface area contributed by atoms with Crippen molar-refractivity contribution in [1.82, 2.24) is 14.4 Å². The number of nitrogen functional groups attached to an aromatic ring is 1. The van der Waals surface area contributed by atoms with Crippen molar-refractivity contribution in [3.05, 3.63) is 59.7 Å². The summed E-state index contributed by atoms with van der Waals surface area (Å²) in [7, 11) is 0. The van der Waals surface area contributed by atoms with Crippen LogP contribution in [0.4, 0.5) is 5.82 Å². The number of carbonyl (C=O) groups excluding carboxylic acids is 3. The summed E-state index contributed by atoms with van der Waals surface area (Å²) < 4.78 is 1.95. The van der Waals surface area contributed by atoms with Gasteiger partial charge < -0.3 is 10.1 Å². The van der Waals surface area contributed by atoms with E-state index in [2.05, 4.69) is 9.97 Å². The third-order valence-electron chi connectivity index (χ3n) is 3.61. The number of pyridine rings is 2. The average molecular weight is 431 g/mol. The lowest BCUT2D eigenvalue weighted by molar-refractivity contribution is -0.124. The van der Waals surface area contributed by atoms with Gasteiger partial charge in [0.15, 0.2) is 5.78 Å². The highest BCUT2D eigenvalue weighted by Crippen LogP contribution is 2.07. The van der Waals surface area contributed by atoms with Crippen molar-refractivity contribution in [2.75, 3.05) is 11.6 Å². The molecule has 0 atom stereocenters. The number of carbonyl (C=O) groups is 3. The molecule has 8 heteroatoms. The minimum absolute atomic E-state index is 0.0243. The number of fused-ring (bicyclic) bond motifs is 1. The summed E-state index contributed by atoms with van der Waals surface area (Å²) in [5.74, 6) is 0.329. The number of Topliss-reactive ketones (excluding diaryl/α,β-unsaturated/α-hetero) is 3. The van der Waals surface area contributed by atoms with E-state index in [9.17, 15) is 14.4 Å². The summed E-state index contributed by atoms with van der Waals surface area (Å²) in [4.78, 5) is 39.5. The summed E-state index contributed by atoms with van der Waals surface area (Å²) in [5, 5.41) is 0. The van der Waals surface area contributed by atoms with Crippen molar-refractivity contribution in [3.63, 3.8) is 0 Å². The van der Waals surface area contributed by atoms with Crippen LogP contribution in [0, 0.1) is 13.8 Å². The Morgan fingerprint density at radius 1 is 1.00 bits per heavy atom. The molecule has 0 aliphatic heterocycles. The molecule has 3 aromatic heterocycles. The lowest BCUT2D eigenvalue weighted by atomic mass is 10.2. The number of anilines is 1. The van der Waals surface area contributed by atoms with E-state index < -0.39 is 0 Å². The van der Waals surface area contributed by atoms with Crippen LogP contribution in [-0.2, 0) is 20.8 Å². The molecular weight excluding hydrogens is 404 g/mol. The van der Waals surface area contributed by atoms with E-state index in [1.165, 1.54) is 12.5 Å². The van der Waals surface area contributed by atoms with Crippen LogP contribution in [0.25, 0.3) is 5.65 Å². The molecule has 0 radical (unpaired) electrons. The summed E-state index contributed by atoms with van der Waals surface area (Å²) in [6.45, 7) is 6.95. The van der Waals surface area contributed by atoms with E-state index in [1.54, 1.807) is 19.2 Å². The maximum absolute atomic E-state index is 10.9. The molecule has 0 aliphatic carbocycles. The molecule has 0 unspecified atom stereocenters. The van der Waals surface area contributed by atoms with Crippen molar-refractivity contribution in [3.8, 4) is 0 Å². The average Bonchev–Trinajstić information content (AvgIpc) is 3.05. The van der Waals surface area contributed by atoms with Crippen LogP contribution in [0.1, 0.15) is 37.1 Å². The fourth-order valence-corrected chi connectivity index (χ4v) is 2.39. The zero-order valence-corrected chi connectivity index (χ0v) is 18.4. The number of aromatic nitrogens is 3. The van der Waals surface area contributed by atoms with E-state index >= 15 is 0 Å². The molecule has 3 aromatic rings. The number of imidazole rings is 1. The van der Waals surface area contributed by atoms with Gasteiger partial charge in [-0.2, -0.15) is 0 Å². The second-order valence-corrected chi connectivity index (χ2v) is 7.16. The highest BCUT2D eigenvalue weighted by Gasteiger charge is 2.03. The molecule has 3 rings (SSSR count). The third-order valence-corrected chi connectivity index (χ3v) is 3.91. The molecule has 0 bridgehead atoms. The van der Waals surface area contributed by atoms with Gasteiger partial charge in [-0.1, -0.05) is 12.1 Å². The molecular formula is C22H27ClN4O3. The first-order valence-corrected chi connectivity index (χ1v) is 9.83. The van der Waals surface area contributed by atoms with Crippen molar-refractivity contribution < 1.29 is 14.4 Å². The first-order valence-electron chi connectivity index (χ1n) is 9.29. The zero-order chi connectivity index (χ0) is 22.7. The minimum atomic E-state index is -0.209. The molecule has 0 fully saturated rings. The number of alkyl halides is 1. The minimum Gasteiger partial charge on any atom is -0.384 e. The number of nitrogens with two attached hydrogens (primary N) is 1. The van der Waals surface area contributed by atoms with Crippen LogP contribution in [0.2, 0.25) is 0 Å². The third kappa shape index (κ3) is 9.93. The van der Waals surface area contributed by atoms with Gasteiger partial charge in [0.1, 0.15) is 23.0 Å². The van der Waals surface area contributed by atoms with Crippen LogP contribution in [-0.4, -0.2) is 37.6 Å². The molecule has 0 aliphatic rings. The first-order chi connectivity index (χ1) is 14.1. The fourth-order valence-electron chi connectivity index (χ4n) is 2.30. The number of hydrogen-bond donors (Lipinski definition) is 1. The highest BCUT2D eigenvalue weighted by atomic mass is 35.5. The van der Waals surface area contributed by atoms with E-state index in [1.807, 2.05) is 48.8 Å². The zero-order valence-electron chi connectivity index (χ0n) is 17.7. The smallest absolute Gasteiger partial charge is 0.154 e. The Labute approximate surface area is 181 Å². The van der Waals surface area contributed by atoms with Gasteiger partial charge in [0.25, 0.3) is 0 Å². The maximum Gasteiger partial charge on any atom is 0.154 e. The van der Waals surface area contributed by atoms with Crippen LogP contribution in [0.15, 0.2) is 42.9 Å². The monoisotopic (exact) mass is 430 g/mol. The SMILES string of the molecule is CC(=O)CC(=O)CCl.CC(=O)Cc1cn2cc(C)ccc2n1.Cc1ccc(N)nc1. The molecule has 3 heterocycles. The number of aryl methyl sites for hydroxylation is 2. The Bertz CT molecular complexity index is 976. The fraction of sp³-hybridized carbons (Fsp3) is 0.318. The van der Waals surface area contributed by atoms with Crippen molar-refractivity contribution >= 4 is 40.4 Å². The van der Waals surface area contributed by atoms with Gasteiger partial charge in [-0.15, -0.1) is 11.6 Å². The second kappa shape index (κ2) is 12.5. The maximum atomic E-state index is 10.9. The van der Waals surface area contributed by atoms with Gasteiger partial charge in [0, 0.05) is 25.0 Å². The Balaban J connectivity index is 0.000000243. The molecule has 0 saturated carbocycles. The molecule has 160 valence electrons. The van der Waals surface area contributed by atoms with Gasteiger partial charge in [0.05, 0.1) is 18.0 Å². The van der Waals surface area contributed by atoms with Crippen LogP contribution < -0.4 is 5.73 Å². The molecule has 0 saturated heterocycles. The lowest BCUT2D eigenvalue weighted by Gasteiger charge is -1.93. The summed E-state index contributed by atoms with van der Waals surface area (Å²) in [6.07, 6.45) is 6.05. The van der Waals surface area contributed by atoms with E-state index in [4.69, 9.17) is 17.3 Å².